The van der Waals surface area contributed by atoms with Gasteiger partial charge in [-0.3, -0.25) is 0 Å². The summed E-state index contributed by atoms with van der Waals surface area (Å²) in [5, 5.41) is 16.9. The average molecular weight is 524 g/mol. The molecule has 8 heteroatoms. The highest BCUT2D eigenvalue weighted by atomic mass is 19.4. The smallest absolute Gasteiger partial charge is 0.475 e. The number of carboxylic acids is 1. The lowest BCUT2D eigenvalue weighted by Crippen LogP contribution is -2.50. The van der Waals surface area contributed by atoms with Gasteiger partial charge in [-0.25, -0.2) is 4.79 Å². The summed E-state index contributed by atoms with van der Waals surface area (Å²) in [6, 6.07) is 22.2. The van der Waals surface area contributed by atoms with Crippen LogP contribution in [0.1, 0.15) is 73.1 Å². The minimum absolute atomic E-state index is 0.306. The first-order valence-electron chi connectivity index (χ1n) is 13.5. The van der Waals surface area contributed by atoms with Crippen LogP contribution in [0.25, 0.3) is 0 Å². The number of fused-ring (bicyclic) bond motifs is 1. The number of alkyl halides is 3. The second-order valence-corrected chi connectivity index (χ2v) is 11.8. The fraction of sp³-hybridized carbons (Fsp3) is 0.500. The van der Waals surface area contributed by atoms with E-state index in [2.05, 4.69) is 65.2 Å². The van der Waals surface area contributed by atoms with Crippen LogP contribution in [0, 0.1) is 17.8 Å². The maximum absolute atomic E-state index is 10.6. The van der Waals surface area contributed by atoms with Gasteiger partial charge in [-0.05, 0) is 73.3 Å². The van der Waals surface area contributed by atoms with Gasteiger partial charge in [0.2, 0.25) is 0 Å². The summed E-state index contributed by atoms with van der Waals surface area (Å²) in [5.74, 6) is 3.54. The second-order valence-electron chi connectivity index (χ2n) is 11.8. The molecule has 38 heavy (non-hydrogen) atoms. The van der Waals surface area contributed by atoms with Crippen molar-refractivity contribution in [2.75, 3.05) is 0 Å². The van der Waals surface area contributed by atoms with Crippen LogP contribution in [0.4, 0.5) is 13.2 Å². The number of aromatic nitrogens is 3. The Balaban J connectivity index is 0.000000337. The topological polar surface area (TPSA) is 68.0 Å². The highest BCUT2D eigenvalue weighted by Gasteiger charge is 2.54. The maximum Gasteiger partial charge on any atom is 0.490 e. The number of benzene rings is 2. The van der Waals surface area contributed by atoms with Crippen molar-refractivity contribution in [3.8, 4) is 0 Å². The number of aliphatic carboxylic acids is 1. The van der Waals surface area contributed by atoms with Gasteiger partial charge in [0.05, 0.1) is 0 Å². The molecule has 2 unspecified atom stereocenters. The maximum atomic E-state index is 10.6. The van der Waals surface area contributed by atoms with Crippen LogP contribution in [0.3, 0.4) is 0 Å². The minimum Gasteiger partial charge on any atom is -0.475 e. The Hall–Kier alpha value is -3.16. The fourth-order valence-corrected chi connectivity index (χ4v) is 8.21. The molecule has 2 atom stereocenters. The third-order valence-corrected chi connectivity index (χ3v) is 9.31. The van der Waals surface area contributed by atoms with Crippen molar-refractivity contribution >= 4 is 5.97 Å². The zero-order valence-electron chi connectivity index (χ0n) is 21.1. The monoisotopic (exact) mass is 523 g/mol. The van der Waals surface area contributed by atoms with E-state index in [1.807, 2.05) is 0 Å². The molecule has 4 bridgehead atoms. The average Bonchev–Trinajstić information content (AvgIpc) is 3.32. The van der Waals surface area contributed by atoms with E-state index in [0.717, 1.165) is 30.7 Å². The molecule has 1 aliphatic heterocycles. The van der Waals surface area contributed by atoms with E-state index in [0.29, 0.717) is 17.3 Å². The summed E-state index contributed by atoms with van der Waals surface area (Å²) in [6.07, 6.45) is 4.40. The molecule has 0 spiro atoms. The molecule has 4 fully saturated rings. The summed E-state index contributed by atoms with van der Waals surface area (Å²) in [6.45, 7) is 1.02. The third kappa shape index (κ3) is 4.63. The molecule has 4 aliphatic carbocycles. The van der Waals surface area contributed by atoms with E-state index in [4.69, 9.17) is 20.1 Å². The quantitative estimate of drug-likeness (QED) is 0.425. The summed E-state index contributed by atoms with van der Waals surface area (Å²) in [5.41, 5.74) is 3.19. The standard InChI is InChI=1S/C28H31N3.C2HF3O2/c1-3-7-22(8-4-1)24-14-26-29-30-27(31(26)18-25(24)23-9-5-2-6-10-23)28-15-19-11-20(16-28)13-21(12-19)17-28;3-2(4,5)1(6)7/h1-10,19-21,24-25H,11-18H2;(H,6,7). The molecular formula is C30H32F3N3O2. The Bertz CT molecular complexity index is 1250. The first-order chi connectivity index (χ1) is 18.2. The largest absolute Gasteiger partial charge is 0.490 e. The number of carboxylic acid groups (broad SMARTS) is 1. The van der Waals surface area contributed by atoms with Gasteiger partial charge in [0.15, 0.2) is 0 Å². The predicted octanol–water partition coefficient (Wildman–Crippen LogP) is 6.50. The van der Waals surface area contributed by atoms with Crippen molar-refractivity contribution in [2.45, 2.75) is 74.9 Å². The van der Waals surface area contributed by atoms with Crippen LogP contribution < -0.4 is 0 Å². The fourth-order valence-electron chi connectivity index (χ4n) is 8.21. The summed E-state index contributed by atoms with van der Waals surface area (Å²) >= 11 is 0. The molecule has 0 radical (unpaired) electrons. The number of halogens is 3. The molecule has 1 aromatic heterocycles. The highest BCUT2D eigenvalue weighted by molar-refractivity contribution is 5.73. The molecule has 4 saturated carbocycles. The van der Waals surface area contributed by atoms with Gasteiger partial charge in [-0.1, -0.05) is 60.7 Å². The Morgan fingerprint density at radius 3 is 1.76 bits per heavy atom. The Labute approximate surface area is 220 Å². The molecular weight excluding hydrogens is 491 g/mol. The molecule has 0 saturated heterocycles. The van der Waals surface area contributed by atoms with Crippen molar-refractivity contribution in [3.05, 3.63) is 83.4 Å². The number of rotatable bonds is 3. The number of hydrogen-bond donors (Lipinski definition) is 1. The van der Waals surface area contributed by atoms with Gasteiger partial charge in [-0.2, -0.15) is 13.2 Å². The molecule has 2 aromatic carbocycles. The lowest BCUT2D eigenvalue weighted by Gasteiger charge is -2.56. The van der Waals surface area contributed by atoms with Crippen molar-refractivity contribution in [1.82, 2.24) is 14.8 Å². The van der Waals surface area contributed by atoms with Gasteiger partial charge >= 0.3 is 12.1 Å². The zero-order chi connectivity index (χ0) is 26.5. The van der Waals surface area contributed by atoms with Crippen LogP contribution in [-0.4, -0.2) is 32.0 Å². The number of nitrogens with zero attached hydrogens (tertiary/aromatic N) is 3. The van der Waals surface area contributed by atoms with Gasteiger partial charge in [0.1, 0.15) is 11.6 Å². The Morgan fingerprint density at radius 2 is 1.29 bits per heavy atom. The molecule has 200 valence electrons. The lowest BCUT2D eigenvalue weighted by molar-refractivity contribution is -0.192. The van der Waals surface area contributed by atoms with Crippen LogP contribution in [-0.2, 0) is 23.2 Å². The first kappa shape index (κ1) is 25.1. The molecule has 8 rings (SSSR count). The minimum atomic E-state index is -5.08. The van der Waals surface area contributed by atoms with Crippen LogP contribution in [0.5, 0.6) is 0 Å². The third-order valence-electron chi connectivity index (χ3n) is 9.31. The Kier molecular flexibility index (Phi) is 6.31. The van der Waals surface area contributed by atoms with Crippen molar-refractivity contribution < 1.29 is 23.1 Å². The van der Waals surface area contributed by atoms with E-state index >= 15 is 0 Å². The van der Waals surface area contributed by atoms with Gasteiger partial charge in [-0.15, -0.1) is 10.2 Å². The summed E-state index contributed by atoms with van der Waals surface area (Å²) < 4.78 is 34.3. The summed E-state index contributed by atoms with van der Waals surface area (Å²) in [7, 11) is 0. The summed E-state index contributed by atoms with van der Waals surface area (Å²) in [4.78, 5) is 8.90. The molecule has 5 aliphatic rings. The predicted molar refractivity (Wildman–Crippen MR) is 136 cm³/mol. The molecule has 3 aromatic rings. The van der Waals surface area contributed by atoms with Crippen LogP contribution in [0.15, 0.2) is 60.7 Å². The van der Waals surface area contributed by atoms with Crippen molar-refractivity contribution in [1.29, 1.82) is 0 Å². The van der Waals surface area contributed by atoms with E-state index in [1.165, 1.54) is 61.3 Å². The van der Waals surface area contributed by atoms with Gasteiger partial charge < -0.3 is 9.67 Å². The SMILES string of the molecule is O=C(O)C(F)(F)F.c1ccc(C2Cc3nnc(C45CC6CC(CC(C6)C4)C5)n3CC2c2ccccc2)cc1. The van der Waals surface area contributed by atoms with E-state index in [1.54, 1.807) is 0 Å². The normalized spacial score (nSPS) is 31.3. The Morgan fingerprint density at radius 1 is 0.816 bits per heavy atom. The highest BCUT2D eigenvalue weighted by Crippen LogP contribution is 2.60. The van der Waals surface area contributed by atoms with Crippen molar-refractivity contribution in [2.24, 2.45) is 17.8 Å². The molecule has 1 N–H and O–H groups in total. The van der Waals surface area contributed by atoms with E-state index < -0.39 is 12.1 Å². The molecule has 0 amide bonds. The van der Waals surface area contributed by atoms with Gasteiger partial charge in [0, 0.05) is 24.3 Å². The van der Waals surface area contributed by atoms with E-state index in [-0.39, 0.29) is 0 Å². The lowest BCUT2D eigenvalue weighted by atomic mass is 9.49. The van der Waals surface area contributed by atoms with Crippen LogP contribution in [0.2, 0.25) is 0 Å². The van der Waals surface area contributed by atoms with Crippen LogP contribution >= 0.6 is 0 Å². The van der Waals surface area contributed by atoms with Crippen molar-refractivity contribution in [3.63, 3.8) is 0 Å². The molecule has 2 heterocycles. The molecule has 5 nitrogen and oxygen atoms in total. The van der Waals surface area contributed by atoms with E-state index in [9.17, 15) is 13.2 Å². The zero-order valence-corrected chi connectivity index (χ0v) is 21.1. The first-order valence-corrected chi connectivity index (χ1v) is 13.5. The second kappa shape index (κ2) is 9.54. The number of hydrogen-bond acceptors (Lipinski definition) is 3. The number of carbonyl (C=O) groups is 1. The van der Waals surface area contributed by atoms with Gasteiger partial charge in [0.25, 0.3) is 0 Å².